The van der Waals surface area contributed by atoms with Crippen LogP contribution in [-0.2, 0) is 11.8 Å². The molecule has 0 atom stereocenters. The number of amides is 1. The number of thioether (sulfide) groups is 1. The summed E-state index contributed by atoms with van der Waals surface area (Å²) in [4.78, 5) is 32.8. The number of thiocarbonyl (C=S) groups is 1. The molecule has 0 radical (unpaired) electrons. The Morgan fingerprint density at radius 1 is 1.11 bits per heavy atom. The minimum Gasteiger partial charge on any atom is -0.366 e. The van der Waals surface area contributed by atoms with Crippen LogP contribution < -0.4 is 15.4 Å². The summed E-state index contributed by atoms with van der Waals surface area (Å²) >= 11 is 6.86. The Morgan fingerprint density at radius 2 is 1.76 bits per heavy atom. The average molecular weight is 538 g/mol. The first-order valence-electron chi connectivity index (χ1n) is 12.5. The number of halogens is 1. The van der Waals surface area contributed by atoms with E-state index in [9.17, 15) is 19.2 Å². The summed E-state index contributed by atoms with van der Waals surface area (Å²) in [5.74, 6) is 0.285. The second kappa shape index (κ2) is 10.3. The Hall–Kier alpha value is -3.16. The van der Waals surface area contributed by atoms with Crippen molar-refractivity contribution >= 4 is 51.8 Å². The number of aromatic nitrogens is 1. The number of carbonyl (C=O) groups excluding carboxylic acids is 1. The van der Waals surface area contributed by atoms with Gasteiger partial charge in [-0.1, -0.05) is 49.0 Å². The number of hydrogen-bond acceptors (Lipinski definition) is 7. The average Bonchev–Trinajstić information content (AvgIpc) is 3.51. The lowest BCUT2D eigenvalue weighted by Gasteiger charge is -2.38. The molecule has 1 saturated carbocycles. The number of carbonyl (C=O) groups is 1. The van der Waals surface area contributed by atoms with Gasteiger partial charge in [0.25, 0.3) is 11.5 Å². The summed E-state index contributed by atoms with van der Waals surface area (Å²) in [6.45, 7) is 3.99. The number of para-hydroxylation sites is 1. The Kier molecular flexibility index (Phi) is 7.10. The number of rotatable bonds is 4. The van der Waals surface area contributed by atoms with Gasteiger partial charge in [0.1, 0.15) is 27.6 Å². The van der Waals surface area contributed by atoms with Crippen molar-refractivity contribution in [2.24, 2.45) is 7.05 Å². The highest BCUT2D eigenvalue weighted by atomic mass is 32.2. The Balaban J connectivity index is 1.51. The number of anilines is 2. The number of benzene rings is 1. The predicted octanol–water partition coefficient (Wildman–Crippen LogP) is 4.17. The quantitative estimate of drug-likeness (QED) is 0.428. The van der Waals surface area contributed by atoms with Gasteiger partial charge in [0.05, 0.1) is 10.6 Å². The number of pyridine rings is 1. The highest BCUT2D eigenvalue weighted by molar-refractivity contribution is 8.26. The SMILES string of the molecule is Cc1c(/C=C2\SC(=S)N(C3CCCC3)C2=O)c(N2CCN(c3ccccc3F)CC2)n(C)c(=O)c1C#N. The smallest absolute Gasteiger partial charge is 0.270 e. The van der Waals surface area contributed by atoms with Gasteiger partial charge in [-0.05, 0) is 43.5 Å². The standard InChI is InChI=1S/C27H28FN5O2S2/c1-17-19(15-23-26(35)33(27(36)37-23)18-7-3-4-8-18)24(30(2)25(34)20(17)16-29)32-13-11-31(12-14-32)22-10-6-5-9-21(22)28/h5-6,9-10,15,18H,3-4,7-8,11-14H2,1-2H3/b23-15-. The fourth-order valence-corrected chi connectivity index (χ4v) is 6.93. The maximum absolute atomic E-state index is 14.4. The van der Waals surface area contributed by atoms with Crippen LogP contribution in [0.3, 0.4) is 0 Å². The van der Waals surface area contributed by atoms with E-state index in [1.165, 1.54) is 22.4 Å². The van der Waals surface area contributed by atoms with Crippen molar-refractivity contribution in [1.82, 2.24) is 9.47 Å². The molecular weight excluding hydrogens is 509 g/mol. The monoisotopic (exact) mass is 537 g/mol. The highest BCUT2D eigenvalue weighted by Gasteiger charge is 2.38. The fraction of sp³-hybridized carbons (Fsp3) is 0.407. The summed E-state index contributed by atoms with van der Waals surface area (Å²) < 4.78 is 16.4. The zero-order valence-electron chi connectivity index (χ0n) is 20.9. The number of hydrogen-bond donors (Lipinski definition) is 0. The van der Waals surface area contributed by atoms with Crippen molar-refractivity contribution in [3.8, 4) is 6.07 Å². The molecule has 2 saturated heterocycles. The van der Waals surface area contributed by atoms with Crippen LogP contribution in [0.4, 0.5) is 15.9 Å². The van der Waals surface area contributed by atoms with Gasteiger partial charge in [-0.25, -0.2) is 4.39 Å². The summed E-state index contributed by atoms with van der Waals surface area (Å²) in [5.41, 5.74) is 1.46. The predicted molar refractivity (Wildman–Crippen MR) is 149 cm³/mol. The zero-order chi connectivity index (χ0) is 26.3. The van der Waals surface area contributed by atoms with Crippen molar-refractivity contribution in [3.05, 3.63) is 62.0 Å². The van der Waals surface area contributed by atoms with E-state index >= 15 is 0 Å². The number of nitriles is 1. The molecule has 192 valence electrons. The largest absolute Gasteiger partial charge is 0.366 e. The van der Waals surface area contributed by atoms with Gasteiger partial charge in [-0.3, -0.25) is 19.1 Å². The maximum Gasteiger partial charge on any atom is 0.270 e. The molecular formula is C27H28FN5O2S2. The lowest BCUT2D eigenvalue weighted by atomic mass is 10.0. The third-order valence-corrected chi connectivity index (χ3v) is 8.86. The van der Waals surface area contributed by atoms with Gasteiger partial charge < -0.3 is 9.80 Å². The first-order chi connectivity index (χ1) is 17.8. The first kappa shape index (κ1) is 25.5. The molecule has 0 unspecified atom stereocenters. The van der Waals surface area contributed by atoms with E-state index in [1.54, 1.807) is 37.1 Å². The van der Waals surface area contributed by atoms with E-state index in [0.29, 0.717) is 58.0 Å². The van der Waals surface area contributed by atoms with E-state index < -0.39 is 0 Å². The van der Waals surface area contributed by atoms with Crippen LogP contribution in [0.5, 0.6) is 0 Å². The maximum atomic E-state index is 14.4. The summed E-state index contributed by atoms with van der Waals surface area (Å²) in [6, 6.07) is 8.90. The third-order valence-electron chi connectivity index (χ3n) is 7.53. The summed E-state index contributed by atoms with van der Waals surface area (Å²) in [6.07, 6.45) is 5.89. The molecule has 10 heteroatoms. The van der Waals surface area contributed by atoms with Gasteiger partial charge in [-0.15, -0.1) is 0 Å². The molecule has 7 nitrogen and oxygen atoms in total. The van der Waals surface area contributed by atoms with Crippen molar-refractivity contribution in [2.45, 2.75) is 38.6 Å². The van der Waals surface area contributed by atoms with Crippen LogP contribution in [0.2, 0.25) is 0 Å². The van der Waals surface area contributed by atoms with Gasteiger partial charge in [0.2, 0.25) is 0 Å². The van der Waals surface area contributed by atoms with E-state index in [2.05, 4.69) is 4.90 Å². The van der Waals surface area contributed by atoms with Crippen molar-refractivity contribution in [2.75, 3.05) is 36.0 Å². The van der Waals surface area contributed by atoms with Crippen LogP contribution >= 0.6 is 24.0 Å². The van der Waals surface area contributed by atoms with Crippen molar-refractivity contribution < 1.29 is 9.18 Å². The third kappa shape index (κ3) is 4.55. The molecule has 5 rings (SSSR count). The minimum absolute atomic E-state index is 0.0637. The van der Waals surface area contributed by atoms with E-state index in [1.807, 2.05) is 17.0 Å². The van der Waals surface area contributed by atoms with E-state index in [-0.39, 0.29) is 28.9 Å². The van der Waals surface area contributed by atoms with Crippen LogP contribution in [0.15, 0.2) is 34.0 Å². The Labute approximate surface area is 225 Å². The molecule has 1 aliphatic carbocycles. The molecule has 1 amide bonds. The normalized spacial score (nSPS) is 19.8. The van der Waals surface area contributed by atoms with Crippen LogP contribution in [0, 0.1) is 24.1 Å². The molecule has 1 aromatic carbocycles. The van der Waals surface area contributed by atoms with Crippen LogP contribution in [0.25, 0.3) is 6.08 Å². The topological polar surface area (TPSA) is 72.6 Å². The minimum atomic E-state index is -0.373. The van der Waals surface area contributed by atoms with Crippen molar-refractivity contribution in [3.63, 3.8) is 0 Å². The molecule has 2 aliphatic heterocycles. The zero-order valence-corrected chi connectivity index (χ0v) is 22.5. The second-order valence-electron chi connectivity index (χ2n) is 9.63. The molecule has 3 heterocycles. The van der Waals surface area contributed by atoms with E-state index in [0.717, 1.165) is 25.7 Å². The molecule has 2 aromatic rings. The molecule has 1 aromatic heterocycles. The lowest BCUT2D eigenvalue weighted by molar-refractivity contribution is -0.123. The first-order valence-corrected chi connectivity index (χ1v) is 13.7. The molecule has 0 spiro atoms. The molecule has 0 N–H and O–H groups in total. The van der Waals surface area contributed by atoms with E-state index in [4.69, 9.17) is 12.2 Å². The fourth-order valence-electron chi connectivity index (χ4n) is 5.55. The molecule has 3 fully saturated rings. The van der Waals surface area contributed by atoms with Gasteiger partial charge in [0.15, 0.2) is 0 Å². The summed E-state index contributed by atoms with van der Waals surface area (Å²) in [5, 5.41) is 9.74. The molecule has 0 bridgehead atoms. The van der Waals surface area contributed by atoms with Crippen LogP contribution in [-0.4, -0.2) is 51.9 Å². The van der Waals surface area contributed by atoms with Gasteiger partial charge >= 0.3 is 0 Å². The second-order valence-corrected chi connectivity index (χ2v) is 11.3. The lowest BCUT2D eigenvalue weighted by Crippen LogP contribution is -2.48. The van der Waals surface area contributed by atoms with Gasteiger partial charge in [0, 0.05) is 44.8 Å². The molecule has 3 aliphatic rings. The summed E-state index contributed by atoms with van der Waals surface area (Å²) in [7, 11) is 1.66. The van der Waals surface area contributed by atoms with Gasteiger partial charge in [-0.2, -0.15) is 5.26 Å². The molecule has 37 heavy (non-hydrogen) atoms. The number of piperazine rings is 1. The van der Waals surface area contributed by atoms with Crippen LogP contribution in [0.1, 0.15) is 42.4 Å². The number of nitrogens with zero attached hydrogens (tertiary/aromatic N) is 5. The highest BCUT2D eigenvalue weighted by Crippen LogP contribution is 2.39. The Bertz CT molecular complexity index is 1400. The van der Waals surface area contributed by atoms with Crippen molar-refractivity contribution in [1.29, 1.82) is 5.26 Å². The Morgan fingerprint density at radius 3 is 2.41 bits per heavy atom.